The van der Waals surface area contributed by atoms with Gasteiger partial charge in [-0.1, -0.05) is 19.9 Å². The number of aromatic nitrogens is 1. The van der Waals surface area contributed by atoms with Gasteiger partial charge in [-0.2, -0.15) is 0 Å². The van der Waals surface area contributed by atoms with E-state index in [9.17, 15) is 13.2 Å². The number of hydrogen-bond acceptors (Lipinski definition) is 2. The molecule has 0 radical (unpaired) electrons. The molecule has 1 rings (SSSR count). The molecule has 0 aliphatic rings. The Hall–Kier alpha value is -1.52. The van der Waals surface area contributed by atoms with Gasteiger partial charge in [-0.05, 0) is 24.1 Å². The van der Waals surface area contributed by atoms with Crippen LogP contribution in [0.3, 0.4) is 0 Å². The first-order valence-electron chi connectivity index (χ1n) is 4.77. The smallest absolute Gasteiger partial charge is 0.404 e. The normalized spacial score (nSPS) is 12.4. The van der Waals surface area contributed by atoms with Crippen molar-refractivity contribution in [3.8, 4) is 5.75 Å². The summed E-state index contributed by atoms with van der Waals surface area (Å²) in [4.78, 5) is 3.82. The summed E-state index contributed by atoms with van der Waals surface area (Å²) >= 11 is 0. The molecular weight excluding hydrogens is 219 g/mol. The van der Waals surface area contributed by atoms with Gasteiger partial charge in [-0.25, -0.2) is 0 Å². The third-order valence-electron chi connectivity index (χ3n) is 1.64. The molecule has 0 saturated carbocycles. The second-order valence-electron chi connectivity index (χ2n) is 3.57. The van der Waals surface area contributed by atoms with Crippen molar-refractivity contribution in [2.75, 3.05) is 0 Å². The Bertz CT molecular complexity index is 354. The number of allylic oxidation sites excluding steroid dienone is 1. The zero-order valence-corrected chi connectivity index (χ0v) is 8.95. The van der Waals surface area contributed by atoms with Crippen molar-refractivity contribution in [2.24, 2.45) is 5.92 Å². The second-order valence-corrected chi connectivity index (χ2v) is 3.57. The van der Waals surface area contributed by atoms with Crippen LogP contribution < -0.4 is 4.74 Å². The first kappa shape index (κ1) is 12.5. The van der Waals surface area contributed by atoms with E-state index < -0.39 is 6.36 Å². The van der Waals surface area contributed by atoms with Crippen LogP contribution in [-0.4, -0.2) is 11.3 Å². The van der Waals surface area contributed by atoms with Gasteiger partial charge < -0.3 is 4.74 Å². The fourth-order valence-electron chi connectivity index (χ4n) is 0.975. The minimum Gasteiger partial charge on any atom is -0.404 e. The van der Waals surface area contributed by atoms with Crippen LogP contribution in [0.1, 0.15) is 19.5 Å². The van der Waals surface area contributed by atoms with Crippen LogP contribution in [0.2, 0.25) is 0 Å². The summed E-state index contributed by atoms with van der Waals surface area (Å²) in [6.45, 7) is 4.00. The van der Waals surface area contributed by atoms with Gasteiger partial charge in [0, 0.05) is 0 Å². The van der Waals surface area contributed by atoms with Crippen molar-refractivity contribution >= 4 is 6.08 Å². The molecular formula is C11H12F3NO. The van der Waals surface area contributed by atoms with Gasteiger partial charge >= 0.3 is 6.36 Å². The number of hydrogen-bond donors (Lipinski definition) is 0. The fourth-order valence-corrected chi connectivity index (χ4v) is 0.975. The molecule has 0 aliphatic heterocycles. The SMILES string of the molecule is CC(C)/C=C/c1ccc(OC(F)(F)F)cn1. The average molecular weight is 231 g/mol. The van der Waals surface area contributed by atoms with Crippen LogP contribution in [0.25, 0.3) is 6.08 Å². The van der Waals surface area contributed by atoms with E-state index in [2.05, 4.69) is 9.72 Å². The average Bonchev–Trinajstić information content (AvgIpc) is 2.14. The van der Waals surface area contributed by atoms with Gasteiger partial charge in [0.15, 0.2) is 0 Å². The maximum absolute atomic E-state index is 11.8. The van der Waals surface area contributed by atoms with Crippen LogP contribution in [0.5, 0.6) is 5.75 Å². The van der Waals surface area contributed by atoms with Crippen molar-refractivity contribution < 1.29 is 17.9 Å². The Morgan fingerprint density at radius 2 is 2.00 bits per heavy atom. The van der Waals surface area contributed by atoms with Gasteiger partial charge in [0.2, 0.25) is 0 Å². The molecule has 0 spiro atoms. The number of alkyl halides is 3. The van der Waals surface area contributed by atoms with Crippen LogP contribution in [0, 0.1) is 5.92 Å². The van der Waals surface area contributed by atoms with Gasteiger partial charge in [-0.15, -0.1) is 13.2 Å². The molecule has 1 heterocycles. The number of nitrogens with zero attached hydrogens (tertiary/aromatic N) is 1. The lowest BCUT2D eigenvalue weighted by atomic mass is 10.2. The van der Waals surface area contributed by atoms with E-state index in [0.29, 0.717) is 11.6 Å². The molecule has 5 heteroatoms. The van der Waals surface area contributed by atoms with Crippen molar-refractivity contribution in [1.82, 2.24) is 4.98 Å². The van der Waals surface area contributed by atoms with Gasteiger partial charge in [-0.3, -0.25) is 4.98 Å². The topological polar surface area (TPSA) is 22.1 Å². The summed E-state index contributed by atoms with van der Waals surface area (Å²) in [5, 5.41) is 0. The minimum atomic E-state index is -4.67. The van der Waals surface area contributed by atoms with E-state index >= 15 is 0 Å². The molecule has 0 amide bonds. The molecule has 1 aromatic rings. The summed E-state index contributed by atoms with van der Waals surface area (Å²) in [6, 6.07) is 2.71. The zero-order valence-electron chi connectivity index (χ0n) is 8.95. The number of ether oxygens (including phenoxy) is 1. The fraction of sp³-hybridized carbons (Fsp3) is 0.364. The Morgan fingerprint density at radius 1 is 1.31 bits per heavy atom. The molecule has 16 heavy (non-hydrogen) atoms. The van der Waals surface area contributed by atoms with Gasteiger partial charge in [0.25, 0.3) is 0 Å². The highest BCUT2D eigenvalue weighted by molar-refractivity contribution is 5.45. The van der Waals surface area contributed by atoms with Gasteiger partial charge in [0.1, 0.15) is 5.75 Å². The van der Waals surface area contributed by atoms with E-state index in [0.717, 1.165) is 6.20 Å². The molecule has 0 saturated heterocycles. The summed E-state index contributed by atoms with van der Waals surface area (Å²) in [6.07, 6.45) is 0.0408. The lowest BCUT2D eigenvalue weighted by Crippen LogP contribution is -2.17. The lowest BCUT2D eigenvalue weighted by molar-refractivity contribution is -0.274. The Labute approximate surface area is 91.8 Å². The zero-order chi connectivity index (χ0) is 12.2. The van der Waals surface area contributed by atoms with E-state index in [1.807, 2.05) is 19.9 Å². The molecule has 2 nitrogen and oxygen atoms in total. The summed E-state index contributed by atoms with van der Waals surface area (Å²) in [5.74, 6) is 0.0575. The predicted molar refractivity (Wildman–Crippen MR) is 54.8 cm³/mol. The number of rotatable bonds is 3. The standard InChI is InChI=1S/C11H12F3NO/c1-8(2)3-4-9-5-6-10(7-15-9)16-11(12,13)14/h3-8H,1-2H3/b4-3+. The largest absolute Gasteiger partial charge is 0.573 e. The summed E-state index contributed by atoms with van der Waals surface area (Å²) in [7, 11) is 0. The van der Waals surface area contributed by atoms with Crippen LogP contribution in [0.4, 0.5) is 13.2 Å². The highest BCUT2D eigenvalue weighted by Crippen LogP contribution is 2.21. The Balaban J connectivity index is 2.68. The molecule has 0 atom stereocenters. The first-order chi connectivity index (χ1) is 7.37. The highest BCUT2D eigenvalue weighted by atomic mass is 19.4. The van der Waals surface area contributed by atoms with Crippen LogP contribution in [0.15, 0.2) is 24.4 Å². The van der Waals surface area contributed by atoms with Crippen molar-refractivity contribution in [3.05, 3.63) is 30.1 Å². The number of pyridine rings is 1. The summed E-state index contributed by atoms with van der Waals surface area (Å²) in [5.41, 5.74) is 0.600. The molecule has 0 bridgehead atoms. The van der Waals surface area contributed by atoms with Crippen LogP contribution >= 0.6 is 0 Å². The molecule has 0 aliphatic carbocycles. The maximum Gasteiger partial charge on any atom is 0.573 e. The third-order valence-corrected chi connectivity index (χ3v) is 1.64. The van der Waals surface area contributed by atoms with E-state index in [1.165, 1.54) is 12.1 Å². The monoisotopic (exact) mass is 231 g/mol. The first-order valence-corrected chi connectivity index (χ1v) is 4.77. The lowest BCUT2D eigenvalue weighted by Gasteiger charge is -2.07. The molecule has 88 valence electrons. The number of halogens is 3. The molecule has 0 unspecified atom stereocenters. The van der Waals surface area contributed by atoms with E-state index in [4.69, 9.17) is 0 Å². The third kappa shape index (κ3) is 4.82. The van der Waals surface area contributed by atoms with Crippen molar-refractivity contribution in [3.63, 3.8) is 0 Å². The van der Waals surface area contributed by atoms with Crippen molar-refractivity contribution in [2.45, 2.75) is 20.2 Å². The molecule has 1 aromatic heterocycles. The molecule has 0 fully saturated rings. The van der Waals surface area contributed by atoms with Gasteiger partial charge in [0.05, 0.1) is 11.9 Å². The minimum absolute atomic E-state index is 0.311. The van der Waals surface area contributed by atoms with E-state index in [-0.39, 0.29) is 5.75 Å². The Morgan fingerprint density at radius 3 is 2.44 bits per heavy atom. The molecule has 0 N–H and O–H groups in total. The quantitative estimate of drug-likeness (QED) is 0.792. The summed E-state index contributed by atoms with van der Waals surface area (Å²) < 4.78 is 39.2. The van der Waals surface area contributed by atoms with Crippen molar-refractivity contribution in [1.29, 1.82) is 0 Å². The second kappa shape index (κ2) is 5.01. The maximum atomic E-state index is 11.8. The van der Waals surface area contributed by atoms with Crippen LogP contribution in [-0.2, 0) is 0 Å². The predicted octanol–water partition coefficient (Wildman–Crippen LogP) is 3.65. The highest BCUT2D eigenvalue weighted by Gasteiger charge is 2.31. The van der Waals surface area contributed by atoms with E-state index in [1.54, 1.807) is 6.08 Å². The Kier molecular flexibility index (Phi) is 3.93. The molecule has 0 aromatic carbocycles.